The van der Waals surface area contributed by atoms with E-state index in [1.807, 2.05) is 24.3 Å². The number of carbonyl (C=O) groups excluding carboxylic acids is 1. The van der Waals surface area contributed by atoms with Crippen LogP contribution in [0.2, 0.25) is 0 Å². The number of nitrogens with zero attached hydrogens (tertiary/aromatic N) is 1. The molecule has 3 aromatic rings. The Balaban J connectivity index is 1.78. The summed E-state index contributed by atoms with van der Waals surface area (Å²) in [7, 11) is 3.12. The molecule has 0 aliphatic carbocycles. The summed E-state index contributed by atoms with van der Waals surface area (Å²) in [5, 5.41) is 4.74. The maximum Gasteiger partial charge on any atom is 0.307 e. The van der Waals surface area contributed by atoms with E-state index in [0.29, 0.717) is 17.1 Å². The molecule has 0 bridgehead atoms. The van der Waals surface area contributed by atoms with E-state index >= 15 is 0 Å². The first-order chi connectivity index (χ1) is 12.1. The van der Waals surface area contributed by atoms with Gasteiger partial charge in [-0.05, 0) is 30.3 Å². The van der Waals surface area contributed by atoms with Crippen LogP contribution in [0.15, 0.2) is 56.5 Å². The van der Waals surface area contributed by atoms with E-state index in [4.69, 9.17) is 13.9 Å². The number of halogens is 1. The molecule has 3 rings (SSSR count). The predicted octanol–water partition coefficient (Wildman–Crippen LogP) is 3.98. The summed E-state index contributed by atoms with van der Waals surface area (Å²) in [5.74, 6) is 0.912. The highest BCUT2D eigenvalue weighted by Crippen LogP contribution is 2.28. The van der Waals surface area contributed by atoms with Crippen LogP contribution < -0.4 is 14.9 Å². The lowest BCUT2D eigenvalue weighted by Gasteiger charge is -2.04. The third-order valence-corrected chi connectivity index (χ3v) is 4.01. The number of para-hydroxylation sites is 1. The molecule has 25 heavy (non-hydrogen) atoms. The number of nitrogens with one attached hydrogen (secondary N) is 1. The van der Waals surface area contributed by atoms with Gasteiger partial charge in [0.25, 0.3) is 0 Å². The van der Waals surface area contributed by atoms with Crippen molar-refractivity contribution in [3.63, 3.8) is 0 Å². The number of hydrazone groups is 1. The Morgan fingerprint density at radius 3 is 2.72 bits per heavy atom. The summed E-state index contributed by atoms with van der Waals surface area (Å²) in [5.41, 5.74) is 3.69. The van der Waals surface area contributed by atoms with Gasteiger partial charge in [0.15, 0.2) is 17.1 Å². The van der Waals surface area contributed by atoms with Gasteiger partial charge in [-0.3, -0.25) is 4.79 Å². The standard InChI is InChI=1S/C18H15BrN2O4/c1-23-14-7-6-13(19)8-12(14)10-20-21-18(22)16-9-11-4-3-5-15(24-2)17(11)25-16/h3-10H,1-2H3,(H,21,22)/b20-10-. The average molecular weight is 403 g/mol. The van der Waals surface area contributed by atoms with Crippen LogP contribution in [-0.2, 0) is 0 Å². The van der Waals surface area contributed by atoms with E-state index in [9.17, 15) is 4.79 Å². The molecular weight excluding hydrogens is 388 g/mol. The van der Waals surface area contributed by atoms with Gasteiger partial charge in [0.2, 0.25) is 0 Å². The van der Waals surface area contributed by atoms with E-state index in [1.54, 1.807) is 32.4 Å². The number of hydrogen-bond acceptors (Lipinski definition) is 5. The first-order valence-corrected chi connectivity index (χ1v) is 8.15. The minimum atomic E-state index is -0.455. The Kier molecular flexibility index (Phi) is 5.04. The van der Waals surface area contributed by atoms with Crippen molar-refractivity contribution in [3.05, 3.63) is 58.3 Å². The van der Waals surface area contributed by atoms with Gasteiger partial charge in [-0.25, -0.2) is 5.43 Å². The van der Waals surface area contributed by atoms with E-state index in [1.165, 1.54) is 6.21 Å². The van der Waals surface area contributed by atoms with Gasteiger partial charge in [-0.1, -0.05) is 28.1 Å². The zero-order valence-corrected chi connectivity index (χ0v) is 15.2. The molecule has 1 N–H and O–H groups in total. The number of fused-ring (bicyclic) bond motifs is 1. The Bertz CT molecular complexity index is 949. The summed E-state index contributed by atoms with van der Waals surface area (Å²) in [6.45, 7) is 0. The van der Waals surface area contributed by atoms with Gasteiger partial charge in [0, 0.05) is 15.4 Å². The molecule has 0 aliphatic heterocycles. The average Bonchev–Trinajstić information content (AvgIpc) is 3.06. The zero-order chi connectivity index (χ0) is 17.8. The molecular formula is C18H15BrN2O4. The number of methoxy groups -OCH3 is 2. The third-order valence-electron chi connectivity index (χ3n) is 3.51. The fraction of sp³-hybridized carbons (Fsp3) is 0.111. The lowest BCUT2D eigenvalue weighted by atomic mass is 10.2. The fourth-order valence-electron chi connectivity index (χ4n) is 2.33. The SMILES string of the molecule is COc1ccc(Br)cc1/C=N\NC(=O)c1cc2cccc(OC)c2o1. The number of furan rings is 1. The molecule has 1 aromatic heterocycles. The second-order valence-corrected chi connectivity index (χ2v) is 5.99. The summed E-state index contributed by atoms with van der Waals surface area (Å²) in [4.78, 5) is 12.2. The maximum absolute atomic E-state index is 12.2. The fourth-order valence-corrected chi connectivity index (χ4v) is 2.71. The quantitative estimate of drug-likeness (QED) is 0.517. The highest BCUT2D eigenvalue weighted by atomic mass is 79.9. The molecule has 0 aliphatic rings. The van der Waals surface area contributed by atoms with Crippen LogP contribution in [0.1, 0.15) is 16.1 Å². The predicted molar refractivity (Wildman–Crippen MR) is 98.5 cm³/mol. The Morgan fingerprint density at radius 2 is 1.96 bits per heavy atom. The van der Waals surface area contributed by atoms with E-state index in [2.05, 4.69) is 26.5 Å². The summed E-state index contributed by atoms with van der Waals surface area (Å²) in [6, 6.07) is 12.6. The molecule has 0 spiro atoms. The van der Waals surface area contributed by atoms with E-state index in [0.717, 1.165) is 15.4 Å². The Morgan fingerprint density at radius 1 is 1.16 bits per heavy atom. The van der Waals surface area contributed by atoms with Crippen molar-refractivity contribution >= 4 is 39.0 Å². The maximum atomic E-state index is 12.2. The van der Waals surface area contributed by atoms with Crippen molar-refractivity contribution in [3.8, 4) is 11.5 Å². The monoisotopic (exact) mass is 402 g/mol. The Hall–Kier alpha value is -2.80. The number of ether oxygens (including phenoxy) is 2. The molecule has 7 heteroatoms. The topological polar surface area (TPSA) is 73.1 Å². The lowest BCUT2D eigenvalue weighted by Crippen LogP contribution is -2.16. The van der Waals surface area contributed by atoms with Crippen molar-refractivity contribution in [1.29, 1.82) is 0 Å². The number of hydrogen-bond donors (Lipinski definition) is 1. The van der Waals surface area contributed by atoms with Gasteiger partial charge >= 0.3 is 5.91 Å². The van der Waals surface area contributed by atoms with Crippen LogP contribution >= 0.6 is 15.9 Å². The van der Waals surface area contributed by atoms with Gasteiger partial charge in [-0.2, -0.15) is 5.10 Å². The molecule has 6 nitrogen and oxygen atoms in total. The molecule has 1 heterocycles. The van der Waals surface area contributed by atoms with Crippen LogP contribution in [0, 0.1) is 0 Å². The molecule has 1 amide bonds. The van der Waals surface area contributed by atoms with Crippen LogP contribution in [0.4, 0.5) is 0 Å². The zero-order valence-electron chi connectivity index (χ0n) is 13.6. The largest absolute Gasteiger partial charge is 0.496 e. The molecule has 128 valence electrons. The highest BCUT2D eigenvalue weighted by Gasteiger charge is 2.14. The van der Waals surface area contributed by atoms with Gasteiger partial charge in [0.05, 0.1) is 20.4 Å². The third kappa shape index (κ3) is 3.66. The van der Waals surface area contributed by atoms with Gasteiger partial charge in [-0.15, -0.1) is 0 Å². The first kappa shape index (κ1) is 17.0. The van der Waals surface area contributed by atoms with Gasteiger partial charge in [0.1, 0.15) is 5.75 Å². The Labute approximate surface area is 152 Å². The van der Waals surface area contributed by atoms with Crippen molar-refractivity contribution in [2.45, 2.75) is 0 Å². The van der Waals surface area contributed by atoms with E-state index < -0.39 is 5.91 Å². The minimum absolute atomic E-state index is 0.151. The number of amides is 1. The van der Waals surface area contributed by atoms with E-state index in [-0.39, 0.29) is 5.76 Å². The van der Waals surface area contributed by atoms with Crippen LogP contribution in [0.5, 0.6) is 11.5 Å². The minimum Gasteiger partial charge on any atom is -0.496 e. The number of carbonyl (C=O) groups is 1. The second-order valence-electron chi connectivity index (χ2n) is 5.07. The van der Waals surface area contributed by atoms with Crippen molar-refractivity contribution in [2.24, 2.45) is 5.10 Å². The van der Waals surface area contributed by atoms with Crippen LogP contribution in [0.25, 0.3) is 11.0 Å². The van der Waals surface area contributed by atoms with Crippen molar-refractivity contribution < 1.29 is 18.7 Å². The first-order valence-electron chi connectivity index (χ1n) is 7.36. The highest BCUT2D eigenvalue weighted by molar-refractivity contribution is 9.10. The number of benzene rings is 2. The smallest absolute Gasteiger partial charge is 0.307 e. The summed E-state index contributed by atoms with van der Waals surface area (Å²) >= 11 is 3.38. The van der Waals surface area contributed by atoms with Crippen molar-refractivity contribution in [1.82, 2.24) is 5.43 Å². The summed E-state index contributed by atoms with van der Waals surface area (Å²) < 4.78 is 16.9. The lowest BCUT2D eigenvalue weighted by molar-refractivity contribution is 0.0929. The molecule has 0 unspecified atom stereocenters. The summed E-state index contributed by atoms with van der Waals surface area (Å²) in [6.07, 6.45) is 1.50. The molecule has 2 aromatic carbocycles. The molecule has 0 radical (unpaired) electrons. The van der Waals surface area contributed by atoms with Crippen LogP contribution in [0.3, 0.4) is 0 Å². The van der Waals surface area contributed by atoms with Gasteiger partial charge < -0.3 is 13.9 Å². The second kappa shape index (κ2) is 7.40. The number of rotatable bonds is 5. The molecule has 0 atom stereocenters. The molecule has 0 saturated carbocycles. The molecule has 0 saturated heterocycles. The normalized spacial score (nSPS) is 11.0. The van der Waals surface area contributed by atoms with Crippen molar-refractivity contribution in [2.75, 3.05) is 14.2 Å². The van der Waals surface area contributed by atoms with Crippen LogP contribution in [-0.4, -0.2) is 26.3 Å². The molecule has 0 fully saturated rings.